The number of amides is 1. The van der Waals surface area contributed by atoms with E-state index in [-0.39, 0.29) is 6.61 Å². The number of rotatable bonds is 5. The van der Waals surface area contributed by atoms with Crippen LogP contribution in [0.2, 0.25) is 0 Å². The van der Waals surface area contributed by atoms with E-state index in [0.717, 1.165) is 11.3 Å². The highest BCUT2D eigenvalue weighted by Crippen LogP contribution is 2.25. The maximum absolute atomic E-state index is 12.2. The fourth-order valence-corrected chi connectivity index (χ4v) is 1.92. The second-order valence-corrected chi connectivity index (χ2v) is 5.05. The van der Waals surface area contributed by atoms with E-state index in [4.69, 9.17) is 9.47 Å². The van der Waals surface area contributed by atoms with Gasteiger partial charge < -0.3 is 14.2 Å². The van der Waals surface area contributed by atoms with Gasteiger partial charge in [-0.2, -0.15) is 0 Å². The highest BCUT2D eigenvalue weighted by atomic mass is 16.6. The summed E-state index contributed by atoms with van der Waals surface area (Å²) in [5.41, 5.74) is 1.53. The predicted octanol–water partition coefficient (Wildman–Crippen LogP) is 3.18. The van der Waals surface area contributed by atoms with Crippen LogP contribution in [0.25, 0.3) is 0 Å². The van der Waals surface area contributed by atoms with E-state index in [1.807, 2.05) is 25.1 Å². The van der Waals surface area contributed by atoms with Gasteiger partial charge in [0.15, 0.2) is 6.61 Å². The van der Waals surface area contributed by atoms with Gasteiger partial charge in [0, 0.05) is 18.8 Å². The van der Waals surface area contributed by atoms with Crippen LogP contribution < -0.4 is 14.4 Å². The lowest BCUT2D eigenvalue weighted by Gasteiger charge is -2.17. The SMILES string of the molecule is COC(=O)COc1cc(OC(=O)N(C)c2ccccc2)ccc1C. The molecule has 2 rings (SSSR count). The lowest BCUT2D eigenvalue weighted by atomic mass is 10.2. The first kappa shape index (κ1) is 17.3. The number of benzene rings is 2. The summed E-state index contributed by atoms with van der Waals surface area (Å²) in [7, 11) is 2.91. The van der Waals surface area contributed by atoms with Crippen LogP contribution in [0.3, 0.4) is 0 Å². The third-order valence-corrected chi connectivity index (χ3v) is 3.36. The van der Waals surface area contributed by atoms with Gasteiger partial charge in [-0.15, -0.1) is 0 Å². The van der Waals surface area contributed by atoms with Crippen LogP contribution in [-0.4, -0.2) is 32.8 Å². The molecule has 6 nitrogen and oxygen atoms in total. The van der Waals surface area contributed by atoms with Gasteiger partial charge in [-0.05, 0) is 30.7 Å². The molecule has 0 heterocycles. The molecular weight excluding hydrogens is 310 g/mol. The Morgan fingerprint density at radius 2 is 1.79 bits per heavy atom. The Labute approximate surface area is 140 Å². The molecule has 24 heavy (non-hydrogen) atoms. The lowest BCUT2D eigenvalue weighted by Crippen LogP contribution is -2.29. The summed E-state index contributed by atoms with van der Waals surface area (Å²) in [5, 5.41) is 0. The molecule has 0 aliphatic heterocycles. The highest BCUT2D eigenvalue weighted by Gasteiger charge is 2.14. The van der Waals surface area contributed by atoms with E-state index in [2.05, 4.69) is 4.74 Å². The van der Waals surface area contributed by atoms with E-state index in [1.165, 1.54) is 12.0 Å². The van der Waals surface area contributed by atoms with E-state index >= 15 is 0 Å². The van der Waals surface area contributed by atoms with Gasteiger partial charge in [-0.25, -0.2) is 9.59 Å². The minimum absolute atomic E-state index is 0.210. The third-order valence-electron chi connectivity index (χ3n) is 3.36. The smallest absolute Gasteiger partial charge is 0.419 e. The summed E-state index contributed by atoms with van der Waals surface area (Å²) in [6, 6.07) is 14.1. The zero-order valence-electron chi connectivity index (χ0n) is 13.8. The van der Waals surface area contributed by atoms with Crippen molar-refractivity contribution in [2.24, 2.45) is 0 Å². The standard InChI is InChI=1S/C18H19NO5/c1-13-9-10-15(11-16(13)23-12-17(20)22-3)24-18(21)19(2)14-7-5-4-6-8-14/h4-11H,12H2,1-3H3. The van der Waals surface area contributed by atoms with Gasteiger partial charge in [-0.3, -0.25) is 4.90 Å². The number of anilines is 1. The monoisotopic (exact) mass is 329 g/mol. The van der Waals surface area contributed by atoms with Gasteiger partial charge in [0.1, 0.15) is 11.5 Å². The second kappa shape index (κ2) is 8.01. The number of carbonyl (C=O) groups is 2. The predicted molar refractivity (Wildman–Crippen MR) is 89.6 cm³/mol. The van der Waals surface area contributed by atoms with Crippen LogP contribution in [-0.2, 0) is 9.53 Å². The second-order valence-electron chi connectivity index (χ2n) is 5.05. The largest absolute Gasteiger partial charge is 0.481 e. The maximum Gasteiger partial charge on any atom is 0.419 e. The van der Waals surface area contributed by atoms with Gasteiger partial charge in [0.05, 0.1) is 7.11 Å². The van der Waals surface area contributed by atoms with Crippen LogP contribution in [0.1, 0.15) is 5.56 Å². The van der Waals surface area contributed by atoms with Crippen molar-refractivity contribution in [3.05, 3.63) is 54.1 Å². The van der Waals surface area contributed by atoms with Crippen molar-refractivity contribution in [1.82, 2.24) is 0 Å². The van der Waals surface area contributed by atoms with Crippen molar-refractivity contribution >= 4 is 17.7 Å². The number of carbonyl (C=O) groups excluding carboxylic acids is 2. The summed E-state index contributed by atoms with van der Waals surface area (Å²) in [6.07, 6.45) is -0.524. The van der Waals surface area contributed by atoms with Crippen LogP contribution in [0.4, 0.5) is 10.5 Å². The molecule has 0 aliphatic rings. The van der Waals surface area contributed by atoms with Crippen molar-refractivity contribution in [3.63, 3.8) is 0 Å². The topological polar surface area (TPSA) is 65.1 Å². The Hall–Kier alpha value is -3.02. The van der Waals surface area contributed by atoms with Gasteiger partial charge in [-0.1, -0.05) is 24.3 Å². The first-order valence-electron chi connectivity index (χ1n) is 7.32. The minimum atomic E-state index is -0.524. The van der Waals surface area contributed by atoms with Crippen molar-refractivity contribution in [2.45, 2.75) is 6.92 Å². The van der Waals surface area contributed by atoms with E-state index in [0.29, 0.717) is 11.5 Å². The molecule has 0 aliphatic carbocycles. The number of ether oxygens (including phenoxy) is 3. The van der Waals surface area contributed by atoms with Gasteiger partial charge >= 0.3 is 12.1 Å². The number of para-hydroxylation sites is 1. The summed E-state index contributed by atoms with van der Waals surface area (Å²) >= 11 is 0. The van der Waals surface area contributed by atoms with E-state index in [9.17, 15) is 9.59 Å². The molecule has 1 amide bonds. The number of hydrogen-bond acceptors (Lipinski definition) is 5. The molecule has 0 radical (unpaired) electrons. The van der Waals surface area contributed by atoms with Crippen molar-refractivity contribution in [2.75, 3.05) is 25.7 Å². The Morgan fingerprint density at radius 3 is 2.46 bits per heavy atom. The maximum atomic E-state index is 12.2. The molecule has 0 fully saturated rings. The fourth-order valence-electron chi connectivity index (χ4n) is 1.92. The molecule has 2 aromatic rings. The fraction of sp³-hybridized carbons (Fsp3) is 0.222. The molecular formula is C18H19NO5. The zero-order valence-corrected chi connectivity index (χ0v) is 13.8. The summed E-state index contributed by atoms with van der Waals surface area (Å²) < 4.78 is 15.3. The van der Waals surface area contributed by atoms with Gasteiger partial charge in [0.2, 0.25) is 0 Å². The molecule has 0 aromatic heterocycles. The Bertz CT molecular complexity index is 715. The Morgan fingerprint density at radius 1 is 1.08 bits per heavy atom. The molecule has 126 valence electrons. The third kappa shape index (κ3) is 4.49. The van der Waals surface area contributed by atoms with Crippen LogP contribution >= 0.6 is 0 Å². The average molecular weight is 329 g/mol. The number of nitrogens with zero attached hydrogens (tertiary/aromatic N) is 1. The molecule has 0 saturated heterocycles. The molecule has 0 unspecified atom stereocenters. The molecule has 0 saturated carbocycles. The highest BCUT2D eigenvalue weighted by molar-refractivity contribution is 5.88. The average Bonchev–Trinajstić information content (AvgIpc) is 2.61. The van der Waals surface area contributed by atoms with E-state index < -0.39 is 12.1 Å². The van der Waals surface area contributed by atoms with Crippen LogP contribution in [0.15, 0.2) is 48.5 Å². The molecule has 6 heteroatoms. The number of aryl methyl sites for hydroxylation is 1. The number of esters is 1. The number of methoxy groups -OCH3 is 1. The molecule has 0 atom stereocenters. The summed E-state index contributed by atoms with van der Waals surface area (Å²) in [6.45, 7) is 1.62. The van der Waals surface area contributed by atoms with Crippen LogP contribution in [0.5, 0.6) is 11.5 Å². The lowest BCUT2D eigenvalue weighted by molar-refractivity contribution is -0.142. The zero-order chi connectivity index (χ0) is 17.5. The molecule has 0 spiro atoms. The molecule has 2 aromatic carbocycles. The van der Waals surface area contributed by atoms with Crippen molar-refractivity contribution < 1.29 is 23.8 Å². The normalized spacial score (nSPS) is 9.96. The first-order valence-corrected chi connectivity index (χ1v) is 7.32. The Kier molecular flexibility index (Phi) is 5.78. The Balaban J connectivity index is 2.06. The van der Waals surface area contributed by atoms with Crippen molar-refractivity contribution in [3.8, 4) is 11.5 Å². The summed E-state index contributed by atoms with van der Waals surface area (Å²) in [4.78, 5) is 24.8. The van der Waals surface area contributed by atoms with Gasteiger partial charge in [0.25, 0.3) is 0 Å². The first-order chi connectivity index (χ1) is 11.5. The number of hydrogen-bond donors (Lipinski definition) is 0. The van der Waals surface area contributed by atoms with Crippen molar-refractivity contribution in [1.29, 1.82) is 0 Å². The van der Waals surface area contributed by atoms with Crippen LogP contribution in [0, 0.1) is 6.92 Å². The molecule has 0 bridgehead atoms. The minimum Gasteiger partial charge on any atom is -0.481 e. The molecule has 0 N–H and O–H groups in total. The van der Waals surface area contributed by atoms with E-state index in [1.54, 1.807) is 37.4 Å². The summed E-state index contributed by atoms with van der Waals surface area (Å²) in [5.74, 6) is 0.293. The quantitative estimate of drug-likeness (QED) is 0.788.